The van der Waals surface area contributed by atoms with Crippen LogP contribution in [0.3, 0.4) is 0 Å². The molecule has 36 heavy (non-hydrogen) atoms. The van der Waals surface area contributed by atoms with E-state index >= 15 is 0 Å². The second-order valence-corrected chi connectivity index (χ2v) is 9.39. The number of fused-ring (bicyclic) bond motifs is 2. The molecule has 0 unspecified atom stereocenters. The maximum absolute atomic E-state index is 10.5. The quantitative estimate of drug-likeness (QED) is 0.205. The second kappa shape index (κ2) is 11.4. The van der Waals surface area contributed by atoms with E-state index in [1.54, 1.807) is 0 Å². The van der Waals surface area contributed by atoms with Crippen molar-refractivity contribution in [3.63, 3.8) is 0 Å². The minimum Gasteiger partial charge on any atom is -0.302 e. The molecule has 0 aliphatic carbocycles. The summed E-state index contributed by atoms with van der Waals surface area (Å²) in [5.41, 5.74) is 2.86. The summed E-state index contributed by atoms with van der Waals surface area (Å²) in [5.74, 6) is 0. The van der Waals surface area contributed by atoms with E-state index in [9.17, 15) is 5.26 Å². The molecule has 3 heteroatoms. The minimum absolute atomic E-state index is 0. The smallest absolute Gasteiger partial charge is 0.107 e. The number of nitriles is 1. The highest BCUT2D eigenvalue weighted by molar-refractivity contribution is 6.02. The van der Waals surface area contributed by atoms with E-state index in [0.29, 0.717) is 0 Å². The summed E-state index contributed by atoms with van der Waals surface area (Å²) < 4.78 is 0. The maximum Gasteiger partial charge on any atom is 0.107 e. The topological polar surface area (TPSA) is 27.0 Å². The average Bonchev–Trinajstić information content (AvgIpc) is 2.92. The molecule has 5 aromatic carbocycles. The van der Waals surface area contributed by atoms with Gasteiger partial charge in [-0.15, -0.1) is 12.4 Å². The van der Waals surface area contributed by atoms with E-state index in [1.165, 1.54) is 27.1 Å². The molecule has 5 rings (SSSR count). The van der Waals surface area contributed by atoms with E-state index in [-0.39, 0.29) is 12.4 Å². The highest BCUT2D eigenvalue weighted by atomic mass is 35.5. The zero-order valence-corrected chi connectivity index (χ0v) is 21.4. The fraction of sp³-hybridized carbons (Fsp3) is 0.182. The summed E-state index contributed by atoms with van der Waals surface area (Å²) >= 11 is 0. The molecule has 0 amide bonds. The van der Waals surface area contributed by atoms with Crippen molar-refractivity contribution in [2.45, 2.75) is 24.8 Å². The zero-order chi connectivity index (χ0) is 24.1. The van der Waals surface area contributed by atoms with Gasteiger partial charge in [0, 0.05) is 6.54 Å². The molecular weight excluding hydrogens is 460 g/mol. The van der Waals surface area contributed by atoms with Crippen LogP contribution in [0, 0.1) is 11.3 Å². The zero-order valence-electron chi connectivity index (χ0n) is 20.6. The van der Waals surface area contributed by atoms with Gasteiger partial charge in [0.25, 0.3) is 0 Å². The first-order valence-electron chi connectivity index (χ1n) is 12.3. The number of hydrogen-bond acceptors (Lipinski definition) is 2. The SMILES string of the molecule is CN(CCCC(C#N)(c1ccccc1)c1ccccc1)Cc1c2ccccc2cc2ccccc12.Cl. The summed E-state index contributed by atoms with van der Waals surface area (Å²) in [4.78, 5) is 2.40. The predicted molar refractivity (Wildman–Crippen MR) is 154 cm³/mol. The van der Waals surface area contributed by atoms with Gasteiger partial charge in [0.15, 0.2) is 0 Å². The van der Waals surface area contributed by atoms with Gasteiger partial charge in [-0.2, -0.15) is 5.26 Å². The first-order chi connectivity index (χ1) is 17.2. The third kappa shape index (κ3) is 5.00. The standard InChI is InChI=1S/C33H30N2.ClH/c1-35(24-32-30-19-10-8-13-26(30)23-27-14-9-11-20-31(27)32)22-12-21-33(25-34,28-15-4-2-5-16-28)29-17-6-3-7-18-29;/h2-11,13-20,23H,12,21-22,24H2,1H3;1H. The fourth-order valence-corrected chi connectivity index (χ4v) is 5.33. The summed E-state index contributed by atoms with van der Waals surface area (Å²) in [6, 6.07) is 42.8. The van der Waals surface area contributed by atoms with Crippen LogP contribution in [-0.2, 0) is 12.0 Å². The maximum atomic E-state index is 10.5. The van der Waals surface area contributed by atoms with Crippen molar-refractivity contribution < 1.29 is 0 Å². The molecule has 180 valence electrons. The van der Waals surface area contributed by atoms with Gasteiger partial charge in [0.1, 0.15) is 5.41 Å². The van der Waals surface area contributed by atoms with Gasteiger partial charge >= 0.3 is 0 Å². The molecule has 0 atom stereocenters. The van der Waals surface area contributed by atoms with E-state index in [2.05, 4.69) is 96.9 Å². The Morgan fingerprint density at radius 3 is 1.67 bits per heavy atom. The number of hydrogen-bond donors (Lipinski definition) is 0. The number of halogens is 1. The highest BCUT2D eigenvalue weighted by Gasteiger charge is 2.33. The van der Waals surface area contributed by atoms with Crippen LogP contribution in [0.2, 0.25) is 0 Å². The van der Waals surface area contributed by atoms with Crippen molar-refractivity contribution in [2.75, 3.05) is 13.6 Å². The van der Waals surface area contributed by atoms with Crippen LogP contribution in [0.1, 0.15) is 29.5 Å². The monoisotopic (exact) mass is 490 g/mol. The molecule has 0 spiro atoms. The summed E-state index contributed by atoms with van der Waals surface area (Å²) in [6.45, 7) is 1.79. The van der Waals surface area contributed by atoms with Gasteiger partial charge in [0.2, 0.25) is 0 Å². The lowest BCUT2D eigenvalue weighted by molar-refractivity contribution is 0.313. The average molecular weight is 491 g/mol. The molecule has 0 fully saturated rings. The predicted octanol–water partition coefficient (Wildman–Crippen LogP) is 8.14. The first kappa shape index (κ1) is 25.5. The minimum atomic E-state index is -0.643. The van der Waals surface area contributed by atoms with Crippen LogP contribution in [0.5, 0.6) is 0 Å². The third-order valence-corrected chi connectivity index (χ3v) is 7.13. The van der Waals surface area contributed by atoms with Crippen molar-refractivity contribution >= 4 is 34.0 Å². The van der Waals surface area contributed by atoms with Gasteiger partial charge in [-0.1, -0.05) is 109 Å². The van der Waals surface area contributed by atoms with Crippen LogP contribution < -0.4 is 0 Å². The molecule has 0 saturated heterocycles. The molecule has 0 heterocycles. The second-order valence-electron chi connectivity index (χ2n) is 9.39. The van der Waals surface area contributed by atoms with Crippen molar-refractivity contribution in [2.24, 2.45) is 0 Å². The number of nitrogens with zero attached hydrogens (tertiary/aromatic N) is 2. The summed E-state index contributed by atoms with van der Waals surface area (Å²) in [6.07, 6.45) is 1.70. The normalized spacial score (nSPS) is 11.4. The van der Waals surface area contributed by atoms with Crippen LogP contribution >= 0.6 is 12.4 Å². The van der Waals surface area contributed by atoms with E-state index < -0.39 is 5.41 Å². The van der Waals surface area contributed by atoms with E-state index in [0.717, 1.165) is 37.1 Å². The Hall–Kier alpha value is -3.64. The molecule has 2 nitrogen and oxygen atoms in total. The largest absolute Gasteiger partial charge is 0.302 e. The molecule has 0 N–H and O–H groups in total. The van der Waals surface area contributed by atoms with E-state index in [1.807, 2.05) is 36.4 Å². The van der Waals surface area contributed by atoms with Gasteiger partial charge in [0.05, 0.1) is 6.07 Å². The van der Waals surface area contributed by atoms with Gasteiger partial charge in [-0.25, -0.2) is 0 Å². The van der Waals surface area contributed by atoms with Crippen molar-refractivity contribution in [1.82, 2.24) is 4.90 Å². The van der Waals surface area contributed by atoms with Crippen LogP contribution in [-0.4, -0.2) is 18.5 Å². The van der Waals surface area contributed by atoms with Gasteiger partial charge in [-0.3, -0.25) is 0 Å². The summed E-state index contributed by atoms with van der Waals surface area (Å²) in [7, 11) is 2.19. The Kier molecular flexibility index (Phi) is 8.06. The molecule has 0 aliphatic rings. The molecule has 0 aliphatic heterocycles. The molecule has 0 radical (unpaired) electrons. The van der Waals surface area contributed by atoms with E-state index in [4.69, 9.17) is 0 Å². The van der Waals surface area contributed by atoms with Gasteiger partial charge < -0.3 is 4.90 Å². The lowest BCUT2D eigenvalue weighted by Gasteiger charge is -2.29. The van der Waals surface area contributed by atoms with Crippen molar-refractivity contribution in [3.05, 3.63) is 132 Å². The summed E-state index contributed by atoms with van der Waals surface area (Å²) in [5, 5.41) is 15.7. The van der Waals surface area contributed by atoms with Gasteiger partial charge in [-0.05, 0) is 70.7 Å². The Morgan fingerprint density at radius 2 is 1.17 bits per heavy atom. The first-order valence-corrected chi connectivity index (χ1v) is 12.3. The highest BCUT2D eigenvalue weighted by Crippen LogP contribution is 2.36. The molecule has 5 aromatic rings. The van der Waals surface area contributed by atoms with Crippen molar-refractivity contribution in [1.29, 1.82) is 5.26 Å². The number of rotatable bonds is 8. The molecule has 0 bridgehead atoms. The fourth-order valence-electron chi connectivity index (χ4n) is 5.33. The lowest BCUT2D eigenvalue weighted by atomic mass is 9.72. The van der Waals surface area contributed by atoms with Crippen molar-refractivity contribution in [3.8, 4) is 6.07 Å². The molecule has 0 aromatic heterocycles. The molecular formula is C33H31ClN2. The van der Waals surface area contributed by atoms with Crippen LogP contribution in [0.4, 0.5) is 0 Å². The lowest BCUT2D eigenvalue weighted by Crippen LogP contribution is -2.28. The molecule has 0 saturated carbocycles. The number of benzene rings is 5. The van der Waals surface area contributed by atoms with Crippen LogP contribution in [0.25, 0.3) is 21.5 Å². The third-order valence-electron chi connectivity index (χ3n) is 7.13. The Balaban J connectivity index is 0.00000304. The Labute approximate surface area is 220 Å². The Morgan fingerprint density at radius 1 is 0.694 bits per heavy atom. The Bertz CT molecular complexity index is 1380. The van der Waals surface area contributed by atoms with Crippen LogP contribution in [0.15, 0.2) is 115 Å².